The van der Waals surface area contributed by atoms with Crippen LogP contribution in [0.4, 0.5) is 5.69 Å². The van der Waals surface area contributed by atoms with Crippen molar-refractivity contribution in [2.75, 3.05) is 11.9 Å². The summed E-state index contributed by atoms with van der Waals surface area (Å²) in [6.45, 7) is 0.0479. The summed E-state index contributed by atoms with van der Waals surface area (Å²) in [6.07, 6.45) is 0.0357. The third-order valence-electron chi connectivity index (χ3n) is 3.65. The zero-order valence-electron chi connectivity index (χ0n) is 12.4. The van der Waals surface area contributed by atoms with Crippen LogP contribution in [0.15, 0.2) is 51.4 Å². The maximum Gasteiger partial charge on any atom is 0.261 e. The lowest BCUT2D eigenvalue weighted by atomic mass is 10.1. The fraction of sp³-hybridized carbons (Fsp3) is 0.118. The molecular formula is C17H12Br2N2O3. The van der Waals surface area contributed by atoms with Gasteiger partial charge in [0.15, 0.2) is 0 Å². The second-order valence-electron chi connectivity index (χ2n) is 5.23. The average molecular weight is 452 g/mol. The summed E-state index contributed by atoms with van der Waals surface area (Å²) >= 11 is 6.71. The molecule has 0 aliphatic carbocycles. The molecular weight excluding hydrogens is 440 g/mol. The van der Waals surface area contributed by atoms with Gasteiger partial charge in [-0.25, -0.2) is 0 Å². The second kappa shape index (κ2) is 6.86. The smallest absolute Gasteiger partial charge is 0.261 e. The van der Waals surface area contributed by atoms with Gasteiger partial charge in [-0.2, -0.15) is 0 Å². The van der Waals surface area contributed by atoms with Crippen molar-refractivity contribution in [1.82, 2.24) is 4.90 Å². The van der Waals surface area contributed by atoms with Crippen LogP contribution in [0.2, 0.25) is 0 Å². The molecule has 7 heteroatoms. The van der Waals surface area contributed by atoms with Gasteiger partial charge in [-0.15, -0.1) is 0 Å². The van der Waals surface area contributed by atoms with E-state index in [1.54, 1.807) is 30.3 Å². The molecule has 1 aliphatic rings. The predicted molar refractivity (Wildman–Crippen MR) is 96.9 cm³/mol. The van der Waals surface area contributed by atoms with Gasteiger partial charge in [-0.1, -0.05) is 28.1 Å². The number of carbonyl (C=O) groups excluding carboxylic acids is 3. The minimum atomic E-state index is -0.353. The Balaban J connectivity index is 1.63. The van der Waals surface area contributed by atoms with Gasteiger partial charge in [0, 0.05) is 21.9 Å². The van der Waals surface area contributed by atoms with Crippen molar-refractivity contribution in [3.63, 3.8) is 0 Å². The zero-order valence-corrected chi connectivity index (χ0v) is 15.6. The van der Waals surface area contributed by atoms with Gasteiger partial charge < -0.3 is 5.32 Å². The normalized spacial score (nSPS) is 13.2. The molecule has 5 nitrogen and oxygen atoms in total. The molecule has 3 rings (SSSR count). The Kier molecular flexibility index (Phi) is 4.82. The maximum atomic E-state index is 12.2. The van der Waals surface area contributed by atoms with Crippen molar-refractivity contribution >= 4 is 55.3 Å². The second-order valence-corrected chi connectivity index (χ2v) is 7.00. The Bertz CT molecular complexity index is 816. The van der Waals surface area contributed by atoms with Gasteiger partial charge in [0.25, 0.3) is 11.8 Å². The number of fused-ring (bicyclic) bond motifs is 1. The van der Waals surface area contributed by atoms with Crippen LogP contribution in [-0.2, 0) is 4.79 Å². The number of imide groups is 1. The van der Waals surface area contributed by atoms with Crippen molar-refractivity contribution in [3.05, 3.63) is 62.5 Å². The Morgan fingerprint density at radius 3 is 2.21 bits per heavy atom. The number of anilines is 1. The minimum Gasteiger partial charge on any atom is -0.325 e. The topological polar surface area (TPSA) is 66.5 Å². The lowest BCUT2D eigenvalue weighted by Crippen LogP contribution is -2.32. The Morgan fingerprint density at radius 1 is 1.00 bits per heavy atom. The summed E-state index contributed by atoms with van der Waals surface area (Å²) in [5.74, 6) is -0.976. The molecule has 1 heterocycles. The number of rotatable bonds is 4. The Labute approximate surface area is 155 Å². The monoisotopic (exact) mass is 450 g/mol. The highest BCUT2D eigenvalue weighted by Gasteiger charge is 2.34. The number of amides is 3. The molecule has 0 atom stereocenters. The average Bonchev–Trinajstić information content (AvgIpc) is 2.80. The third-order valence-corrected chi connectivity index (χ3v) is 4.80. The van der Waals surface area contributed by atoms with Gasteiger partial charge in [0.2, 0.25) is 5.91 Å². The molecule has 0 aromatic heterocycles. The Hall–Kier alpha value is -1.99. The standard InChI is InChI=1S/C17H12Br2N2O3/c18-10-5-6-14(13(19)9-10)20-15(22)7-8-21-16(23)11-3-1-2-4-12(11)17(21)24/h1-6,9H,7-8H2,(H,20,22). The van der Waals surface area contributed by atoms with E-state index in [9.17, 15) is 14.4 Å². The van der Waals surface area contributed by atoms with E-state index in [-0.39, 0.29) is 30.7 Å². The van der Waals surface area contributed by atoms with Gasteiger partial charge in [0.05, 0.1) is 16.8 Å². The van der Waals surface area contributed by atoms with Crippen molar-refractivity contribution in [2.45, 2.75) is 6.42 Å². The molecule has 0 spiro atoms. The van der Waals surface area contributed by atoms with Crippen LogP contribution >= 0.6 is 31.9 Å². The van der Waals surface area contributed by atoms with Gasteiger partial charge in [-0.3, -0.25) is 19.3 Å². The fourth-order valence-corrected chi connectivity index (χ4v) is 3.61. The number of halogens is 2. The number of carbonyl (C=O) groups is 3. The number of benzene rings is 2. The highest BCUT2D eigenvalue weighted by Crippen LogP contribution is 2.26. The van der Waals surface area contributed by atoms with Crippen LogP contribution in [-0.4, -0.2) is 29.2 Å². The quantitative estimate of drug-likeness (QED) is 0.718. The van der Waals surface area contributed by atoms with E-state index < -0.39 is 0 Å². The SMILES string of the molecule is O=C(CCN1C(=O)c2ccccc2C1=O)Nc1ccc(Br)cc1Br. The lowest BCUT2D eigenvalue weighted by Gasteiger charge is -2.14. The highest BCUT2D eigenvalue weighted by atomic mass is 79.9. The first-order chi connectivity index (χ1) is 11.5. The molecule has 0 radical (unpaired) electrons. The summed E-state index contributed by atoms with van der Waals surface area (Å²) in [4.78, 5) is 37.7. The Morgan fingerprint density at radius 2 is 1.62 bits per heavy atom. The molecule has 122 valence electrons. The minimum absolute atomic E-state index is 0.0357. The molecule has 2 aromatic rings. The summed E-state index contributed by atoms with van der Waals surface area (Å²) in [5.41, 5.74) is 1.41. The largest absolute Gasteiger partial charge is 0.325 e. The van der Waals surface area contributed by atoms with Gasteiger partial charge in [-0.05, 0) is 46.3 Å². The summed E-state index contributed by atoms with van der Waals surface area (Å²) in [6, 6.07) is 12.1. The van der Waals surface area contributed by atoms with E-state index in [0.29, 0.717) is 16.8 Å². The third kappa shape index (κ3) is 3.27. The number of hydrogen-bond donors (Lipinski definition) is 1. The molecule has 24 heavy (non-hydrogen) atoms. The molecule has 1 N–H and O–H groups in total. The summed E-state index contributed by atoms with van der Waals surface area (Å²) in [5, 5.41) is 2.76. The fourth-order valence-electron chi connectivity index (χ4n) is 2.46. The molecule has 0 saturated heterocycles. The maximum absolute atomic E-state index is 12.2. The van der Waals surface area contributed by atoms with Crippen molar-refractivity contribution in [3.8, 4) is 0 Å². The van der Waals surface area contributed by atoms with Crippen molar-refractivity contribution in [1.29, 1.82) is 0 Å². The lowest BCUT2D eigenvalue weighted by molar-refractivity contribution is -0.116. The molecule has 0 saturated carbocycles. The van der Waals surface area contributed by atoms with Gasteiger partial charge >= 0.3 is 0 Å². The van der Waals surface area contributed by atoms with E-state index >= 15 is 0 Å². The van der Waals surface area contributed by atoms with E-state index in [4.69, 9.17) is 0 Å². The van der Waals surface area contributed by atoms with Crippen molar-refractivity contribution in [2.24, 2.45) is 0 Å². The number of nitrogens with one attached hydrogen (secondary N) is 1. The first-order valence-electron chi connectivity index (χ1n) is 7.17. The van der Waals surface area contributed by atoms with E-state index in [2.05, 4.69) is 37.2 Å². The van der Waals surface area contributed by atoms with Crippen LogP contribution in [0.1, 0.15) is 27.1 Å². The molecule has 0 unspecified atom stereocenters. The molecule has 0 bridgehead atoms. The summed E-state index contributed by atoms with van der Waals surface area (Å²) < 4.78 is 1.63. The van der Waals surface area contributed by atoms with E-state index in [1.807, 2.05) is 12.1 Å². The highest BCUT2D eigenvalue weighted by molar-refractivity contribution is 9.11. The van der Waals surface area contributed by atoms with Crippen LogP contribution < -0.4 is 5.32 Å². The first-order valence-corrected chi connectivity index (χ1v) is 8.76. The van der Waals surface area contributed by atoms with E-state index in [1.165, 1.54) is 0 Å². The molecule has 0 fully saturated rings. The van der Waals surface area contributed by atoms with Gasteiger partial charge in [0.1, 0.15) is 0 Å². The molecule has 1 aliphatic heterocycles. The van der Waals surface area contributed by atoms with Crippen LogP contribution in [0.25, 0.3) is 0 Å². The predicted octanol–water partition coefficient (Wildman–Crippen LogP) is 3.84. The number of hydrogen-bond acceptors (Lipinski definition) is 3. The number of nitrogens with zero attached hydrogens (tertiary/aromatic N) is 1. The zero-order chi connectivity index (χ0) is 17.3. The van der Waals surface area contributed by atoms with Crippen LogP contribution in [0.5, 0.6) is 0 Å². The van der Waals surface area contributed by atoms with E-state index in [0.717, 1.165) is 13.8 Å². The van der Waals surface area contributed by atoms with Crippen molar-refractivity contribution < 1.29 is 14.4 Å². The molecule has 2 aromatic carbocycles. The first kappa shape index (κ1) is 16.9. The van der Waals surface area contributed by atoms with Crippen LogP contribution in [0.3, 0.4) is 0 Å². The molecule has 3 amide bonds. The van der Waals surface area contributed by atoms with Crippen LogP contribution in [0, 0.1) is 0 Å². The summed E-state index contributed by atoms with van der Waals surface area (Å²) in [7, 11) is 0.